The van der Waals surface area contributed by atoms with Gasteiger partial charge in [0.15, 0.2) is 0 Å². The Hall–Kier alpha value is -1.06. The van der Waals surface area contributed by atoms with Gasteiger partial charge in [0.1, 0.15) is 0 Å². The maximum Gasteiger partial charge on any atom is 0.253 e. The largest absolute Gasteiger partial charge is 0.348 e. The Morgan fingerprint density at radius 1 is 1.47 bits per heavy atom. The van der Waals surface area contributed by atoms with Gasteiger partial charge in [-0.3, -0.25) is 4.79 Å². The first-order valence-electron chi connectivity index (χ1n) is 5.73. The summed E-state index contributed by atoms with van der Waals surface area (Å²) in [5, 5.41) is 3.41. The highest BCUT2D eigenvalue weighted by Crippen LogP contribution is 2.20. The van der Waals surface area contributed by atoms with E-state index in [-0.39, 0.29) is 11.9 Å². The second-order valence-corrected chi connectivity index (χ2v) is 4.87. The number of carbonyl (C=O) groups is 1. The quantitative estimate of drug-likeness (QED) is 0.867. The Kier molecular flexibility index (Phi) is 4.97. The molecular formula is C13H19ClN2O. The number of aryl methyl sites for hydroxylation is 1. The van der Waals surface area contributed by atoms with E-state index < -0.39 is 0 Å². The molecular weight excluding hydrogens is 236 g/mol. The topological polar surface area (TPSA) is 55.1 Å². The van der Waals surface area contributed by atoms with Gasteiger partial charge in [-0.15, -0.1) is 0 Å². The maximum absolute atomic E-state index is 12.0. The summed E-state index contributed by atoms with van der Waals surface area (Å²) in [6, 6.07) is 5.39. The molecule has 0 aliphatic rings. The van der Waals surface area contributed by atoms with Gasteiger partial charge in [-0.25, -0.2) is 0 Å². The van der Waals surface area contributed by atoms with Crippen LogP contribution in [0.2, 0.25) is 5.02 Å². The minimum Gasteiger partial charge on any atom is -0.348 e. The van der Waals surface area contributed by atoms with E-state index in [1.807, 2.05) is 32.9 Å². The molecule has 3 N–H and O–H groups in total. The number of halogens is 1. The zero-order valence-corrected chi connectivity index (χ0v) is 11.2. The van der Waals surface area contributed by atoms with Crippen LogP contribution in [0.25, 0.3) is 0 Å². The molecule has 1 atom stereocenters. The van der Waals surface area contributed by atoms with Crippen LogP contribution in [0.4, 0.5) is 0 Å². The molecule has 0 saturated heterocycles. The average molecular weight is 255 g/mol. The van der Waals surface area contributed by atoms with Crippen LogP contribution >= 0.6 is 11.6 Å². The van der Waals surface area contributed by atoms with Gasteiger partial charge in [-0.05, 0) is 24.5 Å². The van der Waals surface area contributed by atoms with Crippen LogP contribution < -0.4 is 11.1 Å². The molecule has 0 bridgehead atoms. The lowest BCUT2D eigenvalue weighted by atomic mass is 10.0. The van der Waals surface area contributed by atoms with E-state index >= 15 is 0 Å². The molecule has 0 aliphatic carbocycles. The summed E-state index contributed by atoms with van der Waals surface area (Å²) in [5.74, 6) is 0.135. The van der Waals surface area contributed by atoms with Gasteiger partial charge in [0.05, 0.1) is 10.6 Å². The van der Waals surface area contributed by atoms with Crippen molar-refractivity contribution in [2.24, 2.45) is 11.7 Å². The van der Waals surface area contributed by atoms with Crippen LogP contribution in [0, 0.1) is 12.8 Å². The number of amides is 1. The van der Waals surface area contributed by atoms with Gasteiger partial charge in [0.25, 0.3) is 5.91 Å². The first-order valence-corrected chi connectivity index (χ1v) is 6.11. The van der Waals surface area contributed by atoms with Gasteiger partial charge < -0.3 is 11.1 Å². The standard InChI is InChI=1S/C13H19ClN2O/c1-8(2)11(7-15)16-13(17)10-6-4-5-9(3)12(10)14/h4-6,8,11H,7,15H2,1-3H3,(H,16,17). The van der Waals surface area contributed by atoms with Crippen LogP contribution in [0.3, 0.4) is 0 Å². The summed E-state index contributed by atoms with van der Waals surface area (Å²) in [6.07, 6.45) is 0. The molecule has 0 heterocycles. The van der Waals surface area contributed by atoms with Crippen molar-refractivity contribution in [1.82, 2.24) is 5.32 Å². The molecule has 0 saturated carbocycles. The molecule has 0 spiro atoms. The fourth-order valence-corrected chi connectivity index (χ4v) is 1.78. The first kappa shape index (κ1) is 14.0. The minimum atomic E-state index is -0.164. The van der Waals surface area contributed by atoms with Gasteiger partial charge in [-0.1, -0.05) is 37.6 Å². The molecule has 1 rings (SSSR count). The number of hydrogen-bond acceptors (Lipinski definition) is 2. The van der Waals surface area contributed by atoms with Gasteiger partial charge in [0, 0.05) is 12.6 Å². The Balaban J connectivity index is 2.86. The number of hydrogen-bond donors (Lipinski definition) is 2. The molecule has 17 heavy (non-hydrogen) atoms. The van der Waals surface area contributed by atoms with E-state index in [1.54, 1.807) is 6.07 Å². The van der Waals surface area contributed by atoms with E-state index in [4.69, 9.17) is 17.3 Å². The summed E-state index contributed by atoms with van der Waals surface area (Å²) in [5.41, 5.74) is 7.02. The van der Waals surface area contributed by atoms with Gasteiger partial charge >= 0.3 is 0 Å². The van der Waals surface area contributed by atoms with E-state index in [2.05, 4.69) is 5.32 Å². The van der Waals surface area contributed by atoms with Crippen molar-refractivity contribution < 1.29 is 4.79 Å². The van der Waals surface area contributed by atoms with Crippen molar-refractivity contribution in [3.05, 3.63) is 34.3 Å². The molecule has 4 heteroatoms. The third-order valence-corrected chi connectivity index (χ3v) is 3.31. The van der Waals surface area contributed by atoms with Crippen molar-refractivity contribution in [2.75, 3.05) is 6.54 Å². The predicted molar refractivity (Wildman–Crippen MR) is 71.3 cm³/mol. The molecule has 0 aromatic heterocycles. The number of nitrogens with two attached hydrogens (primary N) is 1. The summed E-state index contributed by atoms with van der Waals surface area (Å²) in [4.78, 5) is 12.0. The van der Waals surface area contributed by atoms with Crippen molar-refractivity contribution >= 4 is 17.5 Å². The van der Waals surface area contributed by atoms with E-state index in [0.29, 0.717) is 23.0 Å². The zero-order chi connectivity index (χ0) is 13.0. The SMILES string of the molecule is Cc1cccc(C(=O)NC(CN)C(C)C)c1Cl. The lowest BCUT2D eigenvalue weighted by Crippen LogP contribution is -2.43. The van der Waals surface area contributed by atoms with Gasteiger partial charge in [-0.2, -0.15) is 0 Å². The van der Waals surface area contributed by atoms with E-state index in [1.165, 1.54) is 0 Å². The van der Waals surface area contributed by atoms with Crippen LogP contribution in [0.1, 0.15) is 29.8 Å². The number of nitrogens with one attached hydrogen (secondary N) is 1. The fraction of sp³-hybridized carbons (Fsp3) is 0.462. The van der Waals surface area contributed by atoms with Crippen molar-refractivity contribution in [1.29, 1.82) is 0 Å². The Bertz CT molecular complexity index is 404. The Morgan fingerprint density at radius 3 is 2.65 bits per heavy atom. The molecule has 3 nitrogen and oxygen atoms in total. The first-order chi connectivity index (χ1) is 7.97. The van der Waals surface area contributed by atoms with Crippen LogP contribution in [0.15, 0.2) is 18.2 Å². The number of rotatable bonds is 4. The van der Waals surface area contributed by atoms with Crippen molar-refractivity contribution in [3.8, 4) is 0 Å². The lowest BCUT2D eigenvalue weighted by molar-refractivity contribution is 0.0928. The van der Waals surface area contributed by atoms with Crippen LogP contribution in [0.5, 0.6) is 0 Å². The highest BCUT2D eigenvalue weighted by atomic mass is 35.5. The molecule has 0 fully saturated rings. The molecule has 1 aromatic carbocycles. The minimum absolute atomic E-state index is 0.0286. The third kappa shape index (κ3) is 3.45. The van der Waals surface area contributed by atoms with E-state index in [0.717, 1.165) is 5.56 Å². The van der Waals surface area contributed by atoms with E-state index in [9.17, 15) is 4.79 Å². The zero-order valence-electron chi connectivity index (χ0n) is 10.5. The molecule has 1 amide bonds. The maximum atomic E-state index is 12.0. The average Bonchev–Trinajstić information content (AvgIpc) is 2.28. The Morgan fingerprint density at radius 2 is 2.12 bits per heavy atom. The number of benzene rings is 1. The highest BCUT2D eigenvalue weighted by molar-refractivity contribution is 6.34. The predicted octanol–water partition coefficient (Wildman–Crippen LogP) is 2.36. The summed E-state index contributed by atoms with van der Waals surface area (Å²) >= 11 is 6.10. The van der Waals surface area contributed by atoms with Crippen molar-refractivity contribution in [2.45, 2.75) is 26.8 Å². The second kappa shape index (κ2) is 6.03. The summed E-state index contributed by atoms with van der Waals surface area (Å²) in [7, 11) is 0. The molecule has 1 unspecified atom stereocenters. The Labute approximate surface area is 107 Å². The molecule has 0 radical (unpaired) electrons. The second-order valence-electron chi connectivity index (χ2n) is 4.50. The van der Waals surface area contributed by atoms with Crippen molar-refractivity contribution in [3.63, 3.8) is 0 Å². The fourth-order valence-electron chi connectivity index (χ4n) is 1.57. The summed E-state index contributed by atoms with van der Waals surface area (Å²) < 4.78 is 0. The molecule has 1 aromatic rings. The van der Waals surface area contributed by atoms with Crippen LogP contribution in [-0.4, -0.2) is 18.5 Å². The molecule has 0 aliphatic heterocycles. The highest BCUT2D eigenvalue weighted by Gasteiger charge is 2.17. The summed E-state index contributed by atoms with van der Waals surface area (Å²) in [6.45, 7) is 6.35. The normalized spacial score (nSPS) is 12.6. The van der Waals surface area contributed by atoms with Gasteiger partial charge in [0.2, 0.25) is 0 Å². The monoisotopic (exact) mass is 254 g/mol. The van der Waals surface area contributed by atoms with Crippen LogP contribution in [-0.2, 0) is 0 Å². The smallest absolute Gasteiger partial charge is 0.253 e. The number of carbonyl (C=O) groups excluding carboxylic acids is 1. The lowest BCUT2D eigenvalue weighted by Gasteiger charge is -2.21. The molecule has 94 valence electrons. The third-order valence-electron chi connectivity index (χ3n) is 2.81.